The summed E-state index contributed by atoms with van der Waals surface area (Å²) in [5.41, 5.74) is -1.84. The summed E-state index contributed by atoms with van der Waals surface area (Å²) in [6.07, 6.45) is -0.153. The van der Waals surface area contributed by atoms with Gasteiger partial charge in [-0.3, -0.25) is 4.79 Å². The maximum absolute atomic E-state index is 11.4. The third-order valence-electron chi connectivity index (χ3n) is 3.52. The monoisotopic (exact) mass is 347 g/mol. The van der Waals surface area contributed by atoms with Gasteiger partial charge < -0.3 is 20.3 Å². The Kier molecular flexibility index (Phi) is 5.61. The van der Waals surface area contributed by atoms with E-state index in [1.165, 1.54) is 0 Å². The van der Waals surface area contributed by atoms with Crippen LogP contribution >= 0.6 is 34.8 Å². The molecule has 0 unspecified atom stereocenters. The number of hydrogen-bond donors (Lipinski definition) is 3. The standard InChI is InChI=1S/C12H20Cl3NO4/c1-10(2,19)8-4-5-11(3,20-8)7(17)6-16-9(18)12(13,14)15/h7-8,17,19H,4-6H2,1-3H3,(H,16,18)/t7-,8+,11-/m0/s1. The van der Waals surface area contributed by atoms with Gasteiger partial charge in [-0.25, -0.2) is 0 Å². The van der Waals surface area contributed by atoms with Gasteiger partial charge in [-0.05, 0) is 33.6 Å². The van der Waals surface area contributed by atoms with Crippen LogP contribution in [-0.4, -0.2) is 49.9 Å². The Morgan fingerprint density at radius 3 is 2.45 bits per heavy atom. The van der Waals surface area contributed by atoms with Gasteiger partial charge in [-0.2, -0.15) is 0 Å². The molecule has 0 saturated carbocycles. The lowest BCUT2D eigenvalue weighted by molar-refractivity contribution is -0.152. The molecule has 1 amide bonds. The van der Waals surface area contributed by atoms with Crippen molar-refractivity contribution < 1.29 is 19.7 Å². The lowest BCUT2D eigenvalue weighted by Crippen LogP contribution is -2.50. The first-order valence-corrected chi connectivity index (χ1v) is 7.43. The van der Waals surface area contributed by atoms with Gasteiger partial charge in [0.15, 0.2) is 0 Å². The summed E-state index contributed by atoms with van der Waals surface area (Å²) in [5, 5.41) is 22.4. The van der Waals surface area contributed by atoms with Crippen LogP contribution in [0.4, 0.5) is 0 Å². The predicted molar refractivity (Wildman–Crippen MR) is 78.1 cm³/mol. The van der Waals surface area contributed by atoms with Crippen LogP contribution < -0.4 is 5.32 Å². The van der Waals surface area contributed by atoms with E-state index in [0.717, 1.165) is 0 Å². The zero-order chi connectivity index (χ0) is 15.8. The molecule has 3 N–H and O–H groups in total. The molecule has 1 heterocycles. The van der Waals surface area contributed by atoms with Crippen molar-refractivity contribution in [3.05, 3.63) is 0 Å². The Hall–Kier alpha value is 0.220. The van der Waals surface area contributed by atoms with Crippen LogP contribution in [0.15, 0.2) is 0 Å². The smallest absolute Gasteiger partial charge is 0.272 e. The van der Waals surface area contributed by atoms with Crippen molar-refractivity contribution in [3.8, 4) is 0 Å². The van der Waals surface area contributed by atoms with Gasteiger partial charge in [0.1, 0.15) is 0 Å². The first-order valence-electron chi connectivity index (χ1n) is 6.29. The summed E-state index contributed by atoms with van der Waals surface area (Å²) in [6.45, 7) is 4.94. The third-order valence-corrected chi connectivity index (χ3v) is 4.04. The number of hydrogen-bond acceptors (Lipinski definition) is 4. The number of aliphatic hydroxyl groups is 2. The normalized spacial score (nSPS) is 29.3. The van der Waals surface area contributed by atoms with Gasteiger partial charge in [-0.15, -0.1) is 0 Å². The number of halogens is 3. The molecule has 20 heavy (non-hydrogen) atoms. The minimum atomic E-state index is -2.06. The number of carbonyl (C=O) groups is 1. The molecule has 5 nitrogen and oxygen atoms in total. The molecule has 0 aliphatic carbocycles. The van der Waals surface area contributed by atoms with Crippen LogP contribution in [0, 0.1) is 0 Å². The Morgan fingerprint density at radius 2 is 2.05 bits per heavy atom. The summed E-state index contributed by atoms with van der Waals surface area (Å²) in [5.74, 6) is -0.804. The van der Waals surface area contributed by atoms with Gasteiger partial charge in [0.05, 0.1) is 23.4 Å². The number of alkyl halides is 3. The van der Waals surface area contributed by atoms with Gasteiger partial charge in [-0.1, -0.05) is 34.8 Å². The maximum Gasteiger partial charge on any atom is 0.272 e. The molecule has 1 rings (SSSR count). The average molecular weight is 349 g/mol. The van der Waals surface area contributed by atoms with Crippen molar-refractivity contribution in [2.24, 2.45) is 0 Å². The summed E-state index contributed by atoms with van der Waals surface area (Å²) >= 11 is 16.3. The van der Waals surface area contributed by atoms with Crippen LogP contribution in [0.1, 0.15) is 33.6 Å². The fourth-order valence-corrected chi connectivity index (χ4v) is 2.31. The van der Waals surface area contributed by atoms with E-state index in [2.05, 4.69) is 5.32 Å². The van der Waals surface area contributed by atoms with Crippen LogP contribution in [-0.2, 0) is 9.53 Å². The molecule has 0 aromatic carbocycles. The molecule has 8 heteroatoms. The molecular weight excluding hydrogens is 328 g/mol. The largest absolute Gasteiger partial charge is 0.388 e. The Labute approximate surface area is 133 Å². The topological polar surface area (TPSA) is 78.8 Å². The summed E-state index contributed by atoms with van der Waals surface area (Å²) in [7, 11) is 0. The highest BCUT2D eigenvalue weighted by Crippen LogP contribution is 2.37. The van der Waals surface area contributed by atoms with Crippen LogP contribution in [0.25, 0.3) is 0 Å². The Morgan fingerprint density at radius 1 is 1.50 bits per heavy atom. The van der Waals surface area contributed by atoms with Crippen molar-refractivity contribution in [3.63, 3.8) is 0 Å². The number of amides is 1. The second-order valence-electron chi connectivity index (χ2n) is 5.84. The Balaban J connectivity index is 2.56. The Bertz CT molecular complexity index is 367. The van der Waals surface area contributed by atoms with E-state index in [-0.39, 0.29) is 12.6 Å². The number of ether oxygens (including phenoxy) is 1. The van der Waals surface area contributed by atoms with E-state index in [1.807, 2.05) is 0 Å². The van der Waals surface area contributed by atoms with Crippen molar-refractivity contribution >= 4 is 40.7 Å². The molecule has 1 aliphatic rings. The van der Waals surface area contributed by atoms with E-state index < -0.39 is 27.0 Å². The number of aliphatic hydroxyl groups excluding tert-OH is 1. The van der Waals surface area contributed by atoms with Crippen LogP contribution in [0.3, 0.4) is 0 Å². The zero-order valence-corrected chi connectivity index (χ0v) is 13.9. The molecule has 0 aromatic heterocycles. The van der Waals surface area contributed by atoms with E-state index in [4.69, 9.17) is 39.5 Å². The number of rotatable bonds is 4. The lowest BCUT2D eigenvalue weighted by Gasteiger charge is -2.33. The fraction of sp³-hybridized carbons (Fsp3) is 0.917. The summed E-state index contributed by atoms with van der Waals surface area (Å²) in [6, 6.07) is 0. The van der Waals surface area contributed by atoms with Crippen molar-refractivity contribution in [2.75, 3.05) is 6.54 Å². The second kappa shape index (κ2) is 6.15. The first-order chi connectivity index (χ1) is 8.86. The van der Waals surface area contributed by atoms with Crippen molar-refractivity contribution in [1.82, 2.24) is 5.32 Å². The highest BCUT2D eigenvalue weighted by atomic mass is 35.6. The summed E-state index contributed by atoms with van der Waals surface area (Å²) < 4.78 is 3.68. The first kappa shape index (κ1) is 18.3. The molecular formula is C12H20Cl3NO4. The molecule has 118 valence electrons. The van der Waals surface area contributed by atoms with Crippen LogP contribution in [0.5, 0.6) is 0 Å². The number of nitrogens with one attached hydrogen (secondary N) is 1. The highest BCUT2D eigenvalue weighted by Gasteiger charge is 2.46. The van der Waals surface area contributed by atoms with Crippen LogP contribution in [0.2, 0.25) is 0 Å². The third kappa shape index (κ3) is 4.61. The van der Waals surface area contributed by atoms with E-state index in [0.29, 0.717) is 12.8 Å². The van der Waals surface area contributed by atoms with Gasteiger partial charge in [0.25, 0.3) is 9.70 Å². The van der Waals surface area contributed by atoms with Gasteiger partial charge in [0.2, 0.25) is 0 Å². The highest BCUT2D eigenvalue weighted by molar-refractivity contribution is 6.76. The quantitative estimate of drug-likeness (QED) is 0.673. The average Bonchev–Trinajstić information content (AvgIpc) is 2.68. The minimum Gasteiger partial charge on any atom is -0.388 e. The predicted octanol–water partition coefficient (Wildman–Crippen LogP) is 1.54. The van der Waals surface area contributed by atoms with E-state index in [9.17, 15) is 15.0 Å². The van der Waals surface area contributed by atoms with E-state index in [1.54, 1.807) is 20.8 Å². The molecule has 0 aromatic rings. The van der Waals surface area contributed by atoms with Crippen molar-refractivity contribution in [2.45, 2.75) is 60.8 Å². The maximum atomic E-state index is 11.4. The lowest BCUT2D eigenvalue weighted by atomic mass is 9.93. The molecule has 0 bridgehead atoms. The minimum absolute atomic E-state index is 0.0954. The molecule has 0 spiro atoms. The molecule has 1 aliphatic heterocycles. The van der Waals surface area contributed by atoms with Gasteiger partial charge in [0, 0.05) is 6.54 Å². The molecule has 3 atom stereocenters. The zero-order valence-electron chi connectivity index (χ0n) is 11.6. The molecule has 0 radical (unpaired) electrons. The van der Waals surface area contributed by atoms with E-state index >= 15 is 0 Å². The number of carbonyl (C=O) groups excluding carboxylic acids is 1. The molecule has 1 fully saturated rings. The SMILES string of the molecule is CC(C)(O)[C@H]1CC[C@@](C)([C@@H](O)CNC(=O)C(Cl)(Cl)Cl)O1. The summed E-state index contributed by atoms with van der Waals surface area (Å²) in [4.78, 5) is 11.4. The molecule has 1 saturated heterocycles. The van der Waals surface area contributed by atoms with Crippen molar-refractivity contribution in [1.29, 1.82) is 0 Å². The second-order valence-corrected chi connectivity index (χ2v) is 8.12. The fourth-order valence-electron chi connectivity index (χ4n) is 2.11. The van der Waals surface area contributed by atoms with Gasteiger partial charge >= 0.3 is 0 Å².